The van der Waals surface area contributed by atoms with Crippen LogP contribution >= 0.6 is 0 Å². The lowest BCUT2D eigenvalue weighted by molar-refractivity contribution is -0.141. The SMILES string of the molecule is CCC(C)N1C(=O)CC(NCC(N)=O)C1=O. The summed E-state index contributed by atoms with van der Waals surface area (Å²) in [6, 6.07) is -0.700. The average Bonchev–Trinajstić information content (AvgIpc) is 2.50. The fourth-order valence-electron chi connectivity index (χ4n) is 1.68. The van der Waals surface area contributed by atoms with E-state index >= 15 is 0 Å². The van der Waals surface area contributed by atoms with E-state index in [1.165, 1.54) is 4.90 Å². The van der Waals surface area contributed by atoms with Crippen molar-refractivity contribution >= 4 is 17.7 Å². The Hall–Kier alpha value is -1.43. The van der Waals surface area contributed by atoms with Gasteiger partial charge in [0.05, 0.1) is 19.0 Å². The number of hydrogen-bond acceptors (Lipinski definition) is 4. The van der Waals surface area contributed by atoms with Crippen molar-refractivity contribution in [2.24, 2.45) is 5.73 Å². The smallest absolute Gasteiger partial charge is 0.247 e. The van der Waals surface area contributed by atoms with Crippen LogP contribution in [0.2, 0.25) is 0 Å². The maximum atomic E-state index is 11.8. The number of hydrogen-bond donors (Lipinski definition) is 2. The Labute approximate surface area is 94.2 Å². The normalized spacial score (nSPS) is 22.6. The molecule has 16 heavy (non-hydrogen) atoms. The van der Waals surface area contributed by atoms with Gasteiger partial charge in [0.1, 0.15) is 0 Å². The van der Waals surface area contributed by atoms with Crippen molar-refractivity contribution < 1.29 is 14.4 Å². The van der Waals surface area contributed by atoms with Gasteiger partial charge in [0.2, 0.25) is 17.7 Å². The van der Waals surface area contributed by atoms with Gasteiger partial charge in [-0.05, 0) is 13.3 Å². The summed E-state index contributed by atoms with van der Waals surface area (Å²) >= 11 is 0. The highest BCUT2D eigenvalue weighted by Gasteiger charge is 2.40. The molecular formula is C10H17N3O3. The summed E-state index contributed by atoms with van der Waals surface area (Å²) in [5, 5.41) is 2.68. The third-order valence-corrected chi connectivity index (χ3v) is 2.74. The highest BCUT2D eigenvalue weighted by Crippen LogP contribution is 2.17. The maximum Gasteiger partial charge on any atom is 0.247 e. The van der Waals surface area contributed by atoms with Crippen LogP contribution in [0.25, 0.3) is 0 Å². The lowest BCUT2D eigenvalue weighted by Crippen LogP contribution is -2.44. The Morgan fingerprint density at radius 1 is 1.62 bits per heavy atom. The molecule has 3 N–H and O–H groups in total. The molecule has 0 bridgehead atoms. The number of imide groups is 1. The number of carbonyl (C=O) groups excluding carboxylic acids is 3. The number of nitrogens with zero attached hydrogens (tertiary/aromatic N) is 1. The molecule has 0 aliphatic carbocycles. The van der Waals surface area contributed by atoms with Crippen molar-refractivity contribution in [1.29, 1.82) is 0 Å². The first kappa shape index (κ1) is 12.6. The van der Waals surface area contributed by atoms with Crippen LogP contribution in [0.3, 0.4) is 0 Å². The van der Waals surface area contributed by atoms with E-state index < -0.39 is 11.9 Å². The van der Waals surface area contributed by atoms with Gasteiger partial charge in [-0.25, -0.2) is 0 Å². The summed E-state index contributed by atoms with van der Waals surface area (Å²) in [5.74, 6) is -0.996. The fraction of sp³-hybridized carbons (Fsp3) is 0.700. The summed E-state index contributed by atoms with van der Waals surface area (Å²) in [4.78, 5) is 35.2. The van der Waals surface area contributed by atoms with E-state index in [9.17, 15) is 14.4 Å². The summed E-state index contributed by atoms with van der Waals surface area (Å²) in [6.45, 7) is 3.65. The molecular weight excluding hydrogens is 210 g/mol. The van der Waals surface area contributed by atoms with Crippen LogP contribution in [0.5, 0.6) is 0 Å². The van der Waals surface area contributed by atoms with Gasteiger partial charge in [-0.2, -0.15) is 0 Å². The molecule has 0 aromatic rings. The lowest BCUT2D eigenvalue weighted by atomic mass is 10.2. The molecule has 1 saturated heterocycles. The van der Waals surface area contributed by atoms with E-state index in [0.717, 1.165) is 6.42 Å². The van der Waals surface area contributed by atoms with Crippen molar-refractivity contribution in [2.75, 3.05) is 6.54 Å². The molecule has 6 nitrogen and oxygen atoms in total. The summed E-state index contributed by atoms with van der Waals surface area (Å²) < 4.78 is 0. The van der Waals surface area contributed by atoms with Crippen molar-refractivity contribution in [3.63, 3.8) is 0 Å². The second kappa shape index (κ2) is 5.07. The lowest BCUT2D eigenvalue weighted by Gasteiger charge is -2.21. The maximum absolute atomic E-state index is 11.8. The zero-order chi connectivity index (χ0) is 12.3. The van der Waals surface area contributed by atoms with E-state index in [2.05, 4.69) is 5.32 Å². The molecule has 6 heteroatoms. The van der Waals surface area contributed by atoms with Crippen LogP contribution in [0.4, 0.5) is 0 Å². The van der Waals surface area contributed by atoms with Gasteiger partial charge in [-0.1, -0.05) is 6.92 Å². The molecule has 1 heterocycles. The molecule has 1 aliphatic rings. The van der Waals surface area contributed by atoms with Crippen molar-refractivity contribution in [3.05, 3.63) is 0 Å². The van der Waals surface area contributed by atoms with Gasteiger partial charge >= 0.3 is 0 Å². The monoisotopic (exact) mass is 227 g/mol. The number of carbonyl (C=O) groups is 3. The predicted molar refractivity (Wildman–Crippen MR) is 57.2 cm³/mol. The van der Waals surface area contributed by atoms with Crippen LogP contribution in [-0.4, -0.2) is 41.2 Å². The third kappa shape index (κ3) is 2.57. The molecule has 0 spiro atoms. The number of nitrogens with two attached hydrogens (primary N) is 1. The van der Waals surface area contributed by atoms with Crippen LogP contribution in [-0.2, 0) is 14.4 Å². The number of rotatable bonds is 5. The Morgan fingerprint density at radius 3 is 2.75 bits per heavy atom. The molecule has 0 saturated carbocycles. The zero-order valence-electron chi connectivity index (χ0n) is 9.53. The number of amides is 3. The topological polar surface area (TPSA) is 92.5 Å². The molecule has 0 radical (unpaired) electrons. The quantitative estimate of drug-likeness (QED) is 0.588. The third-order valence-electron chi connectivity index (χ3n) is 2.74. The summed E-state index contributed by atoms with van der Waals surface area (Å²) in [5.41, 5.74) is 4.96. The first-order valence-electron chi connectivity index (χ1n) is 5.35. The highest BCUT2D eigenvalue weighted by atomic mass is 16.2. The number of nitrogens with one attached hydrogen (secondary N) is 1. The Bertz CT molecular complexity index is 316. The Morgan fingerprint density at radius 2 is 2.25 bits per heavy atom. The van der Waals surface area contributed by atoms with Crippen LogP contribution < -0.4 is 11.1 Å². The van der Waals surface area contributed by atoms with E-state index in [1.54, 1.807) is 0 Å². The van der Waals surface area contributed by atoms with E-state index in [1.807, 2.05) is 13.8 Å². The summed E-state index contributed by atoms with van der Waals surface area (Å²) in [7, 11) is 0. The molecule has 90 valence electrons. The summed E-state index contributed by atoms with van der Waals surface area (Å²) in [6.07, 6.45) is 0.830. The number of primary amides is 1. The van der Waals surface area contributed by atoms with E-state index in [-0.39, 0.29) is 30.8 Å². The Balaban J connectivity index is 2.63. The molecule has 0 aromatic heterocycles. The molecule has 2 unspecified atom stereocenters. The van der Waals surface area contributed by atoms with Gasteiger partial charge in [0, 0.05) is 6.04 Å². The zero-order valence-corrected chi connectivity index (χ0v) is 9.53. The van der Waals surface area contributed by atoms with Gasteiger partial charge in [-0.3, -0.25) is 24.6 Å². The van der Waals surface area contributed by atoms with Crippen molar-refractivity contribution in [2.45, 2.75) is 38.8 Å². The van der Waals surface area contributed by atoms with Crippen molar-refractivity contribution in [3.8, 4) is 0 Å². The largest absolute Gasteiger partial charge is 0.369 e. The van der Waals surface area contributed by atoms with Crippen LogP contribution in [0.1, 0.15) is 26.7 Å². The molecule has 1 aliphatic heterocycles. The van der Waals surface area contributed by atoms with Gasteiger partial charge in [0.15, 0.2) is 0 Å². The Kier molecular flexibility index (Phi) is 4.00. The fourth-order valence-corrected chi connectivity index (χ4v) is 1.68. The minimum Gasteiger partial charge on any atom is -0.369 e. The van der Waals surface area contributed by atoms with E-state index in [0.29, 0.717) is 0 Å². The van der Waals surface area contributed by atoms with E-state index in [4.69, 9.17) is 5.73 Å². The molecule has 1 fully saturated rings. The van der Waals surface area contributed by atoms with Gasteiger partial charge < -0.3 is 5.73 Å². The standard InChI is InChI=1S/C10H17N3O3/c1-3-6(2)13-9(15)4-7(10(13)16)12-5-8(11)14/h6-7,12H,3-5H2,1-2H3,(H2,11,14). The minimum absolute atomic E-state index is 0.0853. The minimum atomic E-state index is -0.603. The molecule has 3 amide bonds. The number of likely N-dealkylation sites (tertiary alicyclic amines) is 1. The highest BCUT2D eigenvalue weighted by molar-refractivity contribution is 6.06. The molecule has 0 aromatic carbocycles. The first-order chi connectivity index (χ1) is 7.47. The van der Waals surface area contributed by atoms with Crippen molar-refractivity contribution in [1.82, 2.24) is 10.2 Å². The van der Waals surface area contributed by atoms with Gasteiger partial charge in [0.25, 0.3) is 0 Å². The van der Waals surface area contributed by atoms with Crippen LogP contribution in [0.15, 0.2) is 0 Å². The second-order valence-electron chi connectivity index (χ2n) is 3.96. The predicted octanol–water partition coefficient (Wildman–Crippen LogP) is -1.01. The van der Waals surface area contributed by atoms with Gasteiger partial charge in [-0.15, -0.1) is 0 Å². The first-order valence-corrected chi connectivity index (χ1v) is 5.35. The second-order valence-corrected chi connectivity index (χ2v) is 3.96. The van der Waals surface area contributed by atoms with Crippen LogP contribution in [0, 0.1) is 0 Å². The molecule has 2 atom stereocenters. The molecule has 1 rings (SSSR count). The average molecular weight is 227 g/mol.